The van der Waals surface area contributed by atoms with Crippen LogP contribution in [0.15, 0.2) is 71.4 Å². The fourth-order valence-electron chi connectivity index (χ4n) is 3.14. The van der Waals surface area contributed by atoms with E-state index in [-0.39, 0.29) is 32.0 Å². The van der Waals surface area contributed by atoms with Gasteiger partial charge in [-0.1, -0.05) is 52.5 Å². The molecule has 1 heterocycles. The fourth-order valence-corrected chi connectivity index (χ4v) is 3.98. The van der Waals surface area contributed by atoms with Crippen LogP contribution >= 0.6 is 46.4 Å². The first-order valence-electron chi connectivity index (χ1n) is 9.53. The Morgan fingerprint density at radius 2 is 1.62 bits per heavy atom. The number of nitrogens with one attached hydrogen (secondary N) is 2. The molecule has 172 valence electrons. The molecule has 11 heteroatoms. The first-order chi connectivity index (χ1) is 16.2. The molecule has 0 bridgehead atoms. The van der Waals surface area contributed by atoms with Crippen molar-refractivity contribution in [2.75, 3.05) is 15.5 Å². The molecule has 0 fully saturated rings. The van der Waals surface area contributed by atoms with Crippen LogP contribution in [0.2, 0.25) is 15.1 Å². The van der Waals surface area contributed by atoms with E-state index in [0.29, 0.717) is 16.4 Å². The fraction of sp³-hybridized carbons (Fsp3) is 0. The van der Waals surface area contributed by atoms with Crippen LogP contribution < -0.4 is 15.5 Å². The van der Waals surface area contributed by atoms with E-state index in [0.717, 1.165) is 17.0 Å². The molecular formula is C23H12Cl4FN3O3. The maximum Gasteiger partial charge on any atom is 0.283 e. The summed E-state index contributed by atoms with van der Waals surface area (Å²) in [6.45, 7) is 0. The summed E-state index contributed by atoms with van der Waals surface area (Å²) in [5.74, 6) is -2.73. The van der Waals surface area contributed by atoms with Crippen molar-refractivity contribution in [3.05, 3.63) is 97.8 Å². The van der Waals surface area contributed by atoms with Gasteiger partial charge in [0.1, 0.15) is 16.5 Å². The first-order valence-corrected chi connectivity index (χ1v) is 11.0. The summed E-state index contributed by atoms with van der Waals surface area (Å²) in [6, 6.07) is 14.2. The minimum atomic E-state index is -0.803. The first kappa shape index (κ1) is 24.0. The predicted molar refractivity (Wildman–Crippen MR) is 131 cm³/mol. The van der Waals surface area contributed by atoms with Crippen molar-refractivity contribution in [3.63, 3.8) is 0 Å². The highest BCUT2D eigenvalue weighted by Gasteiger charge is 2.39. The van der Waals surface area contributed by atoms with Crippen molar-refractivity contribution in [3.8, 4) is 0 Å². The van der Waals surface area contributed by atoms with Crippen LogP contribution in [0.1, 0.15) is 10.4 Å². The van der Waals surface area contributed by atoms with Crippen molar-refractivity contribution in [2.24, 2.45) is 0 Å². The molecule has 0 radical (unpaired) electrons. The van der Waals surface area contributed by atoms with Crippen molar-refractivity contribution in [1.29, 1.82) is 0 Å². The molecule has 0 saturated heterocycles. The zero-order valence-electron chi connectivity index (χ0n) is 16.8. The molecule has 0 aliphatic carbocycles. The molecule has 0 saturated carbocycles. The van der Waals surface area contributed by atoms with E-state index in [1.54, 1.807) is 30.3 Å². The Labute approximate surface area is 212 Å². The summed E-state index contributed by atoms with van der Waals surface area (Å²) >= 11 is 23.9. The smallest absolute Gasteiger partial charge is 0.283 e. The number of hydrogen-bond donors (Lipinski definition) is 2. The molecule has 6 nitrogen and oxygen atoms in total. The number of carbonyl (C=O) groups is 3. The van der Waals surface area contributed by atoms with Gasteiger partial charge in [0.15, 0.2) is 0 Å². The molecule has 0 spiro atoms. The second kappa shape index (κ2) is 9.64. The lowest BCUT2D eigenvalue weighted by molar-refractivity contribution is -0.120. The Balaban J connectivity index is 1.55. The average Bonchev–Trinajstić information content (AvgIpc) is 3.01. The van der Waals surface area contributed by atoms with Gasteiger partial charge in [0.05, 0.1) is 21.4 Å². The molecule has 2 N–H and O–H groups in total. The standard InChI is InChI=1S/C23H12Cl4FN3O3/c24-12-4-7-18(16(26)9-12)30-21(32)11-2-1-3-13(8-11)29-20-19(27)22(33)31(23(20)34)14-5-6-17(28)15(25)10-14/h1-10,29H,(H,30,32). The highest BCUT2D eigenvalue weighted by atomic mass is 35.5. The van der Waals surface area contributed by atoms with E-state index in [4.69, 9.17) is 46.4 Å². The monoisotopic (exact) mass is 537 g/mol. The second-order valence-corrected chi connectivity index (χ2v) is 8.65. The molecule has 0 unspecified atom stereocenters. The summed E-state index contributed by atoms with van der Waals surface area (Å²) in [7, 11) is 0. The van der Waals surface area contributed by atoms with Gasteiger partial charge in [-0.15, -0.1) is 0 Å². The van der Waals surface area contributed by atoms with E-state index >= 15 is 0 Å². The molecule has 1 aliphatic heterocycles. The lowest BCUT2D eigenvalue weighted by Gasteiger charge is -2.15. The average molecular weight is 539 g/mol. The number of amides is 3. The molecule has 3 amide bonds. The Morgan fingerprint density at radius 1 is 0.853 bits per heavy atom. The van der Waals surface area contributed by atoms with E-state index in [9.17, 15) is 18.8 Å². The second-order valence-electron chi connectivity index (χ2n) is 7.02. The van der Waals surface area contributed by atoms with Gasteiger partial charge in [0.25, 0.3) is 17.7 Å². The molecule has 4 rings (SSSR count). The molecule has 34 heavy (non-hydrogen) atoms. The molecule has 3 aromatic rings. The Hall–Kier alpha value is -3.10. The van der Waals surface area contributed by atoms with Crippen LogP contribution in [-0.2, 0) is 9.59 Å². The van der Waals surface area contributed by atoms with Crippen LogP contribution in [0.5, 0.6) is 0 Å². The van der Waals surface area contributed by atoms with Crippen LogP contribution in [0.25, 0.3) is 0 Å². The number of anilines is 3. The number of carbonyl (C=O) groups excluding carboxylic acids is 3. The number of hydrogen-bond acceptors (Lipinski definition) is 4. The van der Waals surface area contributed by atoms with Gasteiger partial charge in [0.2, 0.25) is 0 Å². The third-order valence-electron chi connectivity index (χ3n) is 4.76. The lowest BCUT2D eigenvalue weighted by Crippen LogP contribution is -2.32. The molecule has 0 aromatic heterocycles. The number of halogens is 5. The summed E-state index contributed by atoms with van der Waals surface area (Å²) < 4.78 is 13.5. The van der Waals surface area contributed by atoms with E-state index in [1.165, 1.54) is 18.2 Å². The van der Waals surface area contributed by atoms with Crippen LogP contribution in [0, 0.1) is 5.82 Å². The van der Waals surface area contributed by atoms with Crippen molar-refractivity contribution in [2.45, 2.75) is 0 Å². The summed E-state index contributed by atoms with van der Waals surface area (Å²) in [5, 5.41) is 5.52. The van der Waals surface area contributed by atoms with Gasteiger partial charge in [-0.25, -0.2) is 9.29 Å². The number of benzene rings is 3. The molecule has 1 aliphatic rings. The predicted octanol–water partition coefficient (Wildman–Crippen LogP) is 6.47. The topological polar surface area (TPSA) is 78.5 Å². The minimum Gasteiger partial charge on any atom is -0.350 e. The van der Waals surface area contributed by atoms with Gasteiger partial charge in [-0.3, -0.25) is 14.4 Å². The summed E-state index contributed by atoms with van der Waals surface area (Å²) in [5.41, 5.74) is 0.787. The zero-order valence-corrected chi connectivity index (χ0v) is 19.9. The Bertz CT molecular complexity index is 1390. The van der Waals surface area contributed by atoms with Crippen LogP contribution in [-0.4, -0.2) is 17.7 Å². The third-order valence-corrected chi connectivity index (χ3v) is 5.95. The maximum absolute atomic E-state index is 13.5. The highest BCUT2D eigenvalue weighted by Crippen LogP contribution is 2.32. The van der Waals surface area contributed by atoms with E-state index in [2.05, 4.69) is 10.6 Å². The largest absolute Gasteiger partial charge is 0.350 e. The van der Waals surface area contributed by atoms with Gasteiger partial charge < -0.3 is 10.6 Å². The van der Waals surface area contributed by atoms with Crippen molar-refractivity contribution in [1.82, 2.24) is 0 Å². The van der Waals surface area contributed by atoms with Crippen LogP contribution in [0.3, 0.4) is 0 Å². The molecular weight excluding hydrogens is 527 g/mol. The quantitative estimate of drug-likeness (QED) is 0.365. The van der Waals surface area contributed by atoms with Gasteiger partial charge >= 0.3 is 0 Å². The number of rotatable bonds is 5. The summed E-state index contributed by atoms with van der Waals surface area (Å²) in [6.07, 6.45) is 0. The summed E-state index contributed by atoms with van der Waals surface area (Å²) in [4.78, 5) is 39.0. The van der Waals surface area contributed by atoms with E-state index < -0.39 is 23.5 Å². The molecule has 3 aromatic carbocycles. The third kappa shape index (κ3) is 4.74. The highest BCUT2D eigenvalue weighted by molar-refractivity contribution is 6.53. The van der Waals surface area contributed by atoms with E-state index in [1.807, 2.05) is 0 Å². The van der Waals surface area contributed by atoms with Crippen molar-refractivity contribution >= 4 is 81.2 Å². The number of nitrogens with zero attached hydrogens (tertiary/aromatic N) is 1. The Kier molecular flexibility index (Phi) is 6.81. The maximum atomic E-state index is 13.5. The van der Waals surface area contributed by atoms with Gasteiger partial charge in [-0.05, 0) is 54.6 Å². The van der Waals surface area contributed by atoms with Crippen LogP contribution in [0.4, 0.5) is 21.5 Å². The number of imide groups is 1. The SMILES string of the molecule is O=C(Nc1ccc(Cl)cc1Cl)c1cccc(NC2=C(Cl)C(=O)N(c3ccc(F)c(Cl)c3)C2=O)c1. The normalized spacial score (nSPS) is 13.5. The molecule has 0 atom stereocenters. The lowest BCUT2D eigenvalue weighted by atomic mass is 10.1. The van der Waals surface area contributed by atoms with Gasteiger partial charge in [0, 0.05) is 16.3 Å². The van der Waals surface area contributed by atoms with Crippen molar-refractivity contribution < 1.29 is 18.8 Å². The van der Waals surface area contributed by atoms with Gasteiger partial charge in [-0.2, -0.15) is 0 Å². The minimum absolute atomic E-state index is 0.0596. The Morgan fingerprint density at radius 3 is 2.32 bits per heavy atom. The zero-order chi connectivity index (χ0) is 24.6.